The van der Waals surface area contributed by atoms with E-state index in [-0.39, 0.29) is 5.69 Å². The largest absolute Gasteiger partial charge is 0.480 e. The monoisotopic (exact) mass is 303 g/mol. The third-order valence-corrected chi connectivity index (χ3v) is 3.55. The number of carboxylic acids is 1. The van der Waals surface area contributed by atoms with E-state index in [9.17, 15) is 20.0 Å². The molecule has 0 aliphatic carbocycles. The number of hydrogen-bond acceptors (Lipinski definition) is 7. The van der Waals surface area contributed by atoms with Crippen molar-refractivity contribution in [3.63, 3.8) is 0 Å². The maximum Gasteiger partial charge on any atom is 0.327 e. The van der Waals surface area contributed by atoms with Crippen molar-refractivity contribution in [1.82, 2.24) is 15.3 Å². The van der Waals surface area contributed by atoms with Gasteiger partial charge in [0.25, 0.3) is 5.69 Å². The van der Waals surface area contributed by atoms with Crippen LogP contribution in [-0.2, 0) is 4.79 Å². The molecule has 114 valence electrons. The smallest absolute Gasteiger partial charge is 0.327 e. The molecule has 1 fully saturated rings. The molecule has 1 atom stereocenters. The molecule has 1 aliphatic rings. The Hall–Kier alpha value is -2.81. The summed E-state index contributed by atoms with van der Waals surface area (Å²) < 4.78 is 0. The molecule has 0 spiro atoms. The van der Waals surface area contributed by atoms with Crippen LogP contribution in [0, 0.1) is 10.1 Å². The highest BCUT2D eigenvalue weighted by Gasteiger charge is 2.29. The number of aliphatic carboxylic acids is 1. The number of hydrogen-bond donors (Lipinski definition) is 2. The third-order valence-electron chi connectivity index (χ3n) is 3.55. The summed E-state index contributed by atoms with van der Waals surface area (Å²) in [5.41, 5.74) is 0.839. The Kier molecular flexibility index (Phi) is 3.55. The highest BCUT2D eigenvalue weighted by Crippen LogP contribution is 2.22. The Balaban J connectivity index is 1.99. The molecule has 22 heavy (non-hydrogen) atoms. The number of anilines is 1. The number of carboxylic acid groups (broad SMARTS) is 1. The van der Waals surface area contributed by atoms with Crippen molar-refractivity contribution in [3.05, 3.63) is 34.5 Å². The minimum Gasteiger partial charge on any atom is -0.480 e. The number of piperazine rings is 1. The van der Waals surface area contributed by atoms with Crippen molar-refractivity contribution < 1.29 is 14.8 Å². The van der Waals surface area contributed by atoms with Gasteiger partial charge in [-0.3, -0.25) is 15.1 Å². The first-order valence-electron chi connectivity index (χ1n) is 6.67. The van der Waals surface area contributed by atoms with Crippen LogP contribution in [0.2, 0.25) is 0 Å². The van der Waals surface area contributed by atoms with Gasteiger partial charge >= 0.3 is 5.97 Å². The Labute approximate surface area is 124 Å². The third kappa shape index (κ3) is 2.53. The van der Waals surface area contributed by atoms with E-state index in [1.54, 1.807) is 4.90 Å². The fourth-order valence-corrected chi connectivity index (χ4v) is 2.44. The number of benzene rings is 1. The van der Waals surface area contributed by atoms with Crippen LogP contribution in [0.1, 0.15) is 0 Å². The highest BCUT2D eigenvalue weighted by molar-refractivity contribution is 5.81. The summed E-state index contributed by atoms with van der Waals surface area (Å²) in [7, 11) is 0. The Morgan fingerprint density at radius 2 is 2.27 bits per heavy atom. The molecule has 9 heteroatoms. The number of nitro benzene ring substituents is 1. The number of carbonyl (C=O) groups is 1. The number of non-ortho nitro benzene ring substituents is 1. The van der Waals surface area contributed by atoms with Crippen LogP contribution >= 0.6 is 0 Å². The van der Waals surface area contributed by atoms with Gasteiger partial charge in [0.05, 0.1) is 22.2 Å². The number of nitro groups is 1. The lowest BCUT2D eigenvalue weighted by Crippen LogP contribution is -2.55. The number of nitrogens with one attached hydrogen (secondary N) is 1. The van der Waals surface area contributed by atoms with E-state index >= 15 is 0 Å². The second-order valence-corrected chi connectivity index (χ2v) is 4.91. The van der Waals surface area contributed by atoms with Crippen LogP contribution in [-0.4, -0.2) is 51.6 Å². The molecule has 2 N–H and O–H groups in total. The second-order valence-electron chi connectivity index (χ2n) is 4.91. The van der Waals surface area contributed by atoms with Gasteiger partial charge < -0.3 is 15.3 Å². The summed E-state index contributed by atoms with van der Waals surface area (Å²) in [4.78, 5) is 31.8. The molecule has 9 nitrogen and oxygen atoms in total. The lowest BCUT2D eigenvalue weighted by molar-refractivity contribution is -0.384. The molecule has 1 aromatic carbocycles. The van der Waals surface area contributed by atoms with Gasteiger partial charge in [-0.05, 0) is 6.07 Å². The Bertz CT molecular complexity index is 750. The van der Waals surface area contributed by atoms with E-state index in [0.29, 0.717) is 36.5 Å². The summed E-state index contributed by atoms with van der Waals surface area (Å²) in [6, 6.07) is 3.51. The summed E-state index contributed by atoms with van der Waals surface area (Å²) in [5.74, 6) is -0.479. The maximum absolute atomic E-state index is 11.3. The quantitative estimate of drug-likeness (QED) is 0.617. The predicted octanol–water partition coefficient (Wildman–Crippen LogP) is 0.401. The summed E-state index contributed by atoms with van der Waals surface area (Å²) in [5, 5.41) is 23.1. The zero-order valence-electron chi connectivity index (χ0n) is 11.5. The van der Waals surface area contributed by atoms with E-state index in [2.05, 4.69) is 15.3 Å². The maximum atomic E-state index is 11.3. The fraction of sp³-hybridized carbons (Fsp3) is 0.308. The van der Waals surface area contributed by atoms with Gasteiger partial charge in [-0.2, -0.15) is 0 Å². The average molecular weight is 303 g/mol. The number of rotatable bonds is 3. The van der Waals surface area contributed by atoms with Crippen molar-refractivity contribution in [3.8, 4) is 0 Å². The molecular weight excluding hydrogens is 290 g/mol. The lowest BCUT2D eigenvalue weighted by Gasteiger charge is -2.34. The van der Waals surface area contributed by atoms with Crippen LogP contribution in [0.3, 0.4) is 0 Å². The minimum atomic E-state index is -0.933. The molecule has 2 aromatic rings. The standard InChI is InChI=1S/C13H13N5O4/c19-13(20)11-6-14-3-4-17(11)12-7-15-10-5-8(18(21)22)1-2-9(10)16-12/h1-2,5,7,11,14H,3-4,6H2,(H,19,20). The van der Waals surface area contributed by atoms with Crippen molar-refractivity contribution >= 4 is 28.5 Å². The molecule has 1 aliphatic heterocycles. The number of aromatic nitrogens is 2. The van der Waals surface area contributed by atoms with Gasteiger partial charge in [0.1, 0.15) is 11.9 Å². The zero-order chi connectivity index (χ0) is 15.7. The Morgan fingerprint density at radius 1 is 1.45 bits per heavy atom. The molecule has 2 heterocycles. The molecule has 0 saturated carbocycles. The molecule has 1 saturated heterocycles. The van der Waals surface area contributed by atoms with Crippen molar-refractivity contribution in [2.24, 2.45) is 0 Å². The first kappa shape index (κ1) is 14.1. The van der Waals surface area contributed by atoms with E-state index in [0.717, 1.165) is 0 Å². The molecule has 0 amide bonds. The zero-order valence-corrected chi connectivity index (χ0v) is 11.5. The molecule has 0 bridgehead atoms. The minimum absolute atomic E-state index is 0.0554. The number of nitrogens with zero attached hydrogens (tertiary/aromatic N) is 4. The first-order valence-corrected chi connectivity index (χ1v) is 6.67. The van der Waals surface area contributed by atoms with Crippen LogP contribution in [0.5, 0.6) is 0 Å². The van der Waals surface area contributed by atoms with Crippen molar-refractivity contribution in [2.75, 3.05) is 24.5 Å². The molecule has 0 radical (unpaired) electrons. The van der Waals surface area contributed by atoms with Crippen molar-refractivity contribution in [1.29, 1.82) is 0 Å². The van der Waals surface area contributed by atoms with E-state index in [4.69, 9.17) is 0 Å². The van der Waals surface area contributed by atoms with E-state index in [1.165, 1.54) is 24.4 Å². The lowest BCUT2D eigenvalue weighted by atomic mass is 10.2. The first-order chi connectivity index (χ1) is 10.6. The van der Waals surface area contributed by atoms with Gasteiger partial charge in [0.2, 0.25) is 0 Å². The summed E-state index contributed by atoms with van der Waals surface area (Å²) in [6.45, 7) is 1.49. The summed E-state index contributed by atoms with van der Waals surface area (Å²) in [6.07, 6.45) is 1.45. The molecular formula is C13H13N5O4. The SMILES string of the molecule is O=C(O)C1CNCCN1c1cnc2cc([N+](=O)[O-])ccc2n1. The van der Waals surface area contributed by atoms with Crippen LogP contribution in [0.25, 0.3) is 11.0 Å². The predicted molar refractivity (Wildman–Crippen MR) is 77.8 cm³/mol. The van der Waals surface area contributed by atoms with Crippen LogP contribution in [0.4, 0.5) is 11.5 Å². The topological polar surface area (TPSA) is 121 Å². The highest BCUT2D eigenvalue weighted by atomic mass is 16.6. The van der Waals surface area contributed by atoms with Gasteiger partial charge in [-0.1, -0.05) is 0 Å². The average Bonchev–Trinajstić information content (AvgIpc) is 2.53. The van der Waals surface area contributed by atoms with Crippen LogP contribution < -0.4 is 10.2 Å². The van der Waals surface area contributed by atoms with E-state index < -0.39 is 16.9 Å². The van der Waals surface area contributed by atoms with Crippen molar-refractivity contribution in [2.45, 2.75) is 6.04 Å². The fourth-order valence-electron chi connectivity index (χ4n) is 2.44. The van der Waals surface area contributed by atoms with Gasteiger partial charge in [0, 0.05) is 31.8 Å². The van der Waals surface area contributed by atoms with Crippen LogP contribution in [0.15, 0.2) is 24.4 Å². The normalized spacial score (nSPS) is 18.4. The second kappa shape index (κ2) is 5.53. The number of fused-ring (bicyclic) bond motifs is 1. The summed E-state index contributed by atoms with van der Waals surface area (Å²) >= 11 is 0. The van der Waals surface area contributed by atoms with E-state index in [1.807, 2.05) is 0 Å². The Morgan fingerprint density at radius 3 is 3.00 bits per heavy atom. The molecule has 3 rings (SSSR count). The van der Waals surface area contributed by atoms with Gasteiger partial charge in [0.15, 0.2) is 0 Å². The molecule has 1 unspecified atom stereocenters. The van der Waals surface area contributed by atoms with Gasteiger partial charge in [-0.15, -0.1) is 0 Å². The molecule has 1 aromatic heterocycles. The van der Waals surface area contributed by atoms with Gasteiger partial charge in [-0.25, -0.2) is 9.78 Å².